The Hall–Kier alpha value is -3.11. The molecule has 0 amide bonds. The van der Waals surface area contributed by atoms with Crippen LogP contribution in [0.15, 0.2) is 70.1 Å². The molecule has 2 aliphatic rings. The van der Waals surface area contributed by atoms with Crippen LogP contribution in [0, 0.1) is 5.92 Å². The minimum Gasteiger partial charge on any atom is -0.463 e. The van der Waals surface area contributed by atoms with Gasteiger partial charge in [0.05, 0.1) is 33.1 Å². The lowest BCUT2D eigenvalue weighted by molar-refractivity contribution is -0.139. The van der Waals surface area contributed by atoms with Crippen molar-refractivity contribution in [3.8, 4) is 0 Å². The van der Waals surface area contributed by atoms with Crippen molar-refractivity contribution in [2.24, 2.45) is 5.92 Å². The second kappa shape index (κ2) is 9.87. The van der Waals surface area contributed by atoms with Crippen molar-refractivity contribution in [2.45, 2.75) is 42.8 Å². The van der Waals surface area contributed by atoms with Crippen LogP contribution in [0.3, 0.4) is 0 Å². The fourth-order valence-electron chi connectivity index (χ4n) is 4.55. The number of para-hydroxylation sites is 2. The van der Waals surface area contributed by atoms with Crippen molar-refractivity contribution >= 4 is 50.4 Å². The van der Waals surface area contributed by atoms with E-state index >= 15 is 0 Å². The van der Waals surface area contributed by atoms with E-state index in [0.29, 0.717) is 21.6 Å². The second-order valence-corrected chi connectivity index (χ2v) is 11.4. The number of hydrogen-bond donors (Lipinski definition) is 2. The van der Waals surface area contributed by atoms with Crippen LogP contribution in [0.25, 0.3) is 11.0 Å². The normalized spacial score (nSPS) is 19.9. The third-order valence-corrected chi connectivity index (χ3v) is 8.95. The van der Waals surface area contributed by atoms with Crippen molar-refractivity contribution < 1.29 is 17.9 Å². The Morgan fingerprint density at radius 3 is 2.37 bits per heavy atom. The van der Waals surface area contributed by atoms with Gasteiger partial charge in [0.15, 0.2) is 11.6 Å². The first-order valence-corrected chi connectivity index (χ1v) is 14.0. The first kappa shape index (κ1) is 23.6. The molecule has 3 aromatic rings. The highest BCUT2D eigenvalue weighted by Gasteiger charge is 2.41. The molecule has 2 atom stereocenters. The molecule has 2 N–H and O–H groups in total. The number of sulfonamides is 1. The number of hydrogen-bond acceptors (Lipinski definition) is 8. The van der Waals surface area contributed by atoms with Gasteiger partial charge in [0, 0.05) is 11.2 Å². The molecule has 5 rings (SSSR count). The summed E-state index contributed by atoms with van der Waals surface area (Å²) in [4.78, 5) is 22.3. The third-order valence-electron chi connectivity index (χ3n) is 6.17. The van der Waals surface area contributed by atoms with E-state index in [0.717, 1.165) is 25.7 Å². The van der Waals surface area contributed by atoms with Gasteiger partial charge in [-0.2, -0.15) is 0 Å². The number of benzene rings is 2. The van der Waals surface area contributed by atoms with Crippen molar-refractivity contribution in [1.82, 2.24) is 9.97 Å². The maximum atomic E-state index is 13.1. The predicted molar refractivity (Wildman–Crippen MR) is 137 cm³/mol. The summed E-state index contributed by atoms with van der Waals surface area (Å²) in [6, 6.07) is 15.4. The molecule has 1 aliphatic heterocycles. The number of esters is 1. The number of aromatic nitrogens is 2. The Kier molecular flexibility index (Phi) is 6.66. The Bertz CT molecular complexity index is 1390. The summed E-state index contributed by atoms with van der Waals surface area (Å²) < 4.78 is 34.2. The van der Waals surface area contributed by atoms with Crippen LogP contribution in [-0.4, -0.2) is 36.2 Å². The lowest BCUT2D eigenvalue weighted by Crippen LogP contribution is -2.24. The highest BCUT2D eigenvalue weighted by Crippen LogP contribution is 2.49. The van der Waals surface area contributed by atoms with E-state index in [9.17, 15) is 13.2 Å². The molecule has 2 aromatic carbocycles. The molecular formula is C25H26N4O4S2. The SMILES string of the molecule is CCOC(=O)C1=C(Nc2nc3ccccc3nc2NS(=O)(=O)c2ccccc2)SC2CCCCC12. The van der Waals surface area contributed by atoms with Gasteiger partial charge in [-0.1, -0.05) is 43.2 Å². The Labute approximate surface area is 208 Å². The summed E-state index contributed by atoms with van der Waals surface area (Å²) in [6.45, 7) is 2.08. The predicted octanol–water partition coefficient (Wildman–Crippen LogP) is 4.92. The van der Waals surface area contributed by atoms with E-state index in [1.54, 1.807) is 43.0 Å². The fourth-order valence-corrected chi connectivity index (χ4v) is 7.12. The van der Waals surface area contributed by atoms with Crippen molar-refractivity contribution in [3.05, 3.63) is 65.2 Å². The average molecular weight is 511 g/mol. The molecule has 1 fully saturated rings. The average Bonchev–Trinajstić information content (AvgIpc) is 3.23. The largest absolute Gasteiger partial charge is 0.463 e. The molecule has 0 bridgehead atoms. The highest BCUT2D eigenvalue weighted by molar-refractivity contribution is 8.04. The number of rotatable bonds is 7. The number of thioether (sulfide) groups is 1. The number of anilines is 2. The Morgan fingerprint density at radius 2 is 1.66 bits per heavy atom. The number of carbonyl (C=O) groups is 1. The zero-order valence-electron chi connectivity index (χ0n) is 19.2. The van der Waals surface area contributed by atoms with Crippen LogP contribution in [-0.2, 0) is 19.6 Å². The number of nitrogens with zero attached hydrogens (tertiary/aromatic N) is 2. The van der Waals surface area contributed by atoms with E-state index < -0.39 is 10.0 Å². The molecule has 2 heterocycles. The summed E-state index contributed by atoms with van der Waals surface area (Å²) >= 11 is 1.60. The van der Waals surface area contributed by atoms with Gasteiger partial charge < -0.3 is 10.1 Å². The smallest absolute Gasteiger partial charge is 0.336 e. The molecule has 1 aliphatic carbocycles. The molecule has 1 aromatic heterocycles. The highest BCUT2D eigenvalue weighted by atomic mass is 32.2. The number of nitrogens with one attached hydrogen (secondary N) is 2. The molecule has 35 heavy (non-hydrogen) atoms. The van der Waals surface area contributed by atoms with Crippen LogP contribution in [0.4, 0.5) is 11.6 Å². The summed E-state index contributed by atoms with van der Waals surface area (Å²) in [6.07, 6.45) is 4.12. The molecule has 0 radical (unpaired) electrons. The second-order valence-electron chi connectivity index (χ2n) is 8.46. The third kappa shape index (κ3) is 4.85. The van der Waals surface area contributed by atoms with Gasteiger partial charge in [0.1, 0.15) is 0 Å². The molecular weight excluding hydrogens is 484 g/mol. The number of ether oxygens (including phenoxy) is 1. The molecule has 1 saturated carbocycles. The van der Waals surface area contributed by atoms with Crippen molar-refractivity contribution in [3.63, 3.8) is 0 Å². The minimum absolute atomic E-state index is 0.0683. The van der Waals surface area contributed by atoms with Crippen molar-refractivity contribution in [2.75, 3.05) is 16.6 Å². The van der Waals surface area contributed by atoms with E-state index in [-0.39, 0.29) is 40.3 Å². The zero-order chi connectivity index (χ0) is 24.4. The summed E-state index contributed by atoms with van der Waals surface area (Å²) in [7, 11) is -3.90. The van der Waals surface area contributed by atoms with Gasteiger partial charge in [0.25, 0.3) is 10.0 Å². The minimum atomic E-state index is -3.90. The number of carbonyl (C=O) groups excluding carboxylic acids is 1. The topological polar surface area (TPSA) is 110 Å². The maximum Gasteiger partial charge on any atom is 0.336 e. The van der Waals surface area contributed by atoms with Crippen LogP contribution in [0.1, 0.15) is 32.6 Å². The summed E-state index contributed by atoms with van der Waals surface area (Å²) in [5.74, 6) is 0.0788. The molecule has 0 saturated heterocycles. The van der Waals surface area contributed by atoms with E-state index in [1.165, 1.54) is 12.1 Å². The quantitative estimate of drug-likeness (QED) is 0.431. The van der Waals surface area contributed by atoms with Gasteiger partial charge in [-0.15, -0.1) is 11.8 Å². The summed E-state index contributed by atoms with van der Waals surface area (Å²) in [5, 5.41) is 4.20. The first-order chi connectivity index (χ1) is 17.0. The lowest BCUT2D eigenvalue weighted by Gasteiger charge is -2.25. The fraction of sp³-hybridized carbons (Fsp3) is 0.320. The van der Waals surface area contributed by atoms with E-state index in [4.69, 9.17) is 4.74 Å². The van der Waals surface area contributed by atoms with E-state index in [1.807, 2.05) is 18.2 Å². The van der Waals surface area contributed by atoms with Gasteiger partial charge in [-0.05, 0) is 44.0 Å². The van der Waals surface area contributed by atoms with Crippen LogP contribution >= 0.6 is 11.8 Å². The summed E-state index contributed by atoms with van der Waals surface area (Å²) in [5.41, 5.74) is 1.78. The molecule has 8 nitrogen and oxygen atoms in total. The number of fused-ring (bicyclic) bond motifs is 2. The van der Waals surface area contributed by atoms with Crippen LogP contribution in [0.5, 0.6) is 0 Å². The maximum absolute atomic E-state index is 13.1. The van der Waals surface area contributed by atoms with Gasteiger partial charge in [-0.25, -0.2) is 23.2 Å². The standard InChI is InChI=1S/C25H26N4O4S2/c1-2-33-25(30)21-17-12-6-9-15-20(17)34-24(21)28-22-23(27-19-14-8-7-13-18(19)26-22)29-35(31,32)16-10-4-3-5-11-16/h3-5,7-8,10-11,13-14,17,20H,2,6,9,12,15H2,1H3,(H,26,28)(H,27,29). The molecule has 0 spiro atoms. The van der Waals surface area contributed by atoms with Crippen molar-refractivity contribution in [1.29, 1.82) is 0 Å². The molecule has 2 unspecified atom stereocenters. The zero-order valence-corrected chi connectivity index (χ0v) is 20.9. The monoisotopic (exact) mass is 510 g/mol. The van der Waals surface area contributed by atoms with Gasteiger partial charge >= 0.3 is 5.97 Å². The van der Waals surface area contributed by atoms with Gasteiger partial charge in [-0.3, -0.25) is 4.72 Å². The Balaban J connectivity index is 1.57. The first-order valence-electron chi connectivity index (χ1n) is 11.7. The van der Waals surface area contributed by atoms with E-state index in [2.05, 4.69) is 20.0 Å². The van der Waals surface area contributed by atoms with Gasteiger partial charge in [0.2, 0.25) is 0 Å². The molecule has 182 valence electrons. The van der Waals surface area contributed by atoms with Crippen LogP contribution in [0.2, 0.25) is 0 Å². The lowest BCUT2D eigenvalue weighted by atomic mass is 9.84. The molecule has 10 heteroatoms. The Morgan fingerprint density at radius 1 is 1.00 bits per heavy atom. The van der Waals surface area contributed by atoms with Crippen LogP contribution < -0.4 is 10.0 Å².